The molecule has 86 valence electrons. The van der Waals surface area contributed by atoms with Crippen LogP contribution in [0.25, 0.3) is 10.1 Å². The Morgan fingerprint density at radius 2 is 2.12 bits per heavy atom. The van der Waals surface area contributed by atoms with Crippen LogP contribution >= 0.6 is 46.0 Å². The van der Waals surface area contributed by atoms with Crippen molar-refractivity contribution in [1.82, 2.24) is 0 Å². The second kappa shape index (κ2) is 5.02. The molecule has 0 saturated carbocycles. The topological polar surface area (TPSA) is 0 Å². The van der Waals surface area contributed by atoms with E-state index in [0.29, 0.717) is 0 Å². The van der Waals surface area contributed by atoms with E-state index in [9.17, 15) is 0 Å². The molecular formula is C13H9ClS3. The highest BCUT2D eigenvalue weighted by Gasteiger charge is 2.05. The SMILES string of the molecule is Clc1ccc2scc(CSc3cccs3)c2c1. The van der Waals surface area contributed by atoms with E-state index in [0.717, 1.165) is 10.8 Å². The van der Waals surface area contributed by atoms with Crippen molar-refractivity contribution in [1.29, 1.82) is 0 Å². The summed E-state index contributed by atoms with van der Waals surface area (Å²) in [6.07, 6.45) is 0. The van der Waals surface area contributed by atoms with E-state index in [2.05, 4.69) is 35.0 Å². The molecule has 0 aliphatic heterocycles. The maximum absolute atomic E-state index is 6.05. The van der Waals surface area contributed by atoms with Crippen molar-refractivity contribution in [3.63, 3.8) is 0 Å². The summed E-state index contributed by atoms with van der Waals surface area (Å²) in [5.74, 6) is 1.01. The number of thioether (sulfide) groups is 1. The van der Waals surface area contributed by atoms with Crippen LogP contribution in [0.5, 0.6) is 0 Å². The van der Waals surface area contributed by atoms with Gasteiger partial charge in [-0.1, -0.05) is 17.7 Å². The van der Waals surface area contributed by atoms with Crippen LogP contribution in [0, 0.1) is 0 Å². The molecule has 0 fully saturated rings. The first kappa shape index (κ1) is 11.6. The van der Waals surface area contributed by atoms with Gasteiger partial charge in [0, 0.05) is 15.5 Å². The fourth-order valence-corrected chi connectivity index (χ4v) is 4.66. The van der Waals surface area contributed by atoms with Crippen molar-refractivity contribution in [2.24, 2.45) is 0 Å². The van der Waals surface area contributed by atoms with Crippen LogP contribution in [0.3, 0.4) is 0 Å². The van der Waals surface area contributed by atoms with Gasteiger partial charge in [-0.2, -0.15) is 0 Å². The number of hydrogen-bond acceptors (Lipinski definition) is 3. The van der Waals surface area contributed by atoms with E-state index in [1.807, 2.05) is 17.8 Å². The Bertz CT molecular complexity index is 625. The molecule has 0 N–H and O–H groups in total. The van der Waals surface area contributed by atoms with Crippen molar-refractivity contribution in [2.75, 3.05) is 0 Å². The second-order valence-electron chi connectivity index (χ2n) is 3.62. The number of hydrogen-bond donors (Lipinski definition) is 0. The molecule has 0 aliphatic rings. The highest BCUT2D eigenvalue weighted by molar-refractivity contribution is 8.00. The third kappa shape index (κ3) is 2.52. The van der Waals surface area contributed by atoms with Gasteiger partial charge in [-0.05, 0) is 46.0 Å². The zero-order chi connectivity index (χ0) is 11.7. The van der Waals surface area contributed by atoms with Gasteiger partial charge < -0.3 is 0 Å². The summed E-state index contributed by atoms with van der Waals surface area (Å²) < 4.78 is 2.68. The number of thiophene rings is 2. The Kier molecular flexibility index (Phi) is 3.43. The van der Waals surface area contributed by atoms with Crippen molar-refractivity contribution >= 4 is 56.1 Å². The minimum atomic E-state index is 0.818. The van der Waals surface area contributed by atoms with Gasteiger partial charge in [0.25, 0.3) is 0 Å². The van der Waals surface area contributed by atoms with Gasteiger partial charge in [0.05, 0.1) is 4.21 Å². The molecule has 0 nitrogen and oxygen atoms in total. The lowest BCUT2D eigenvalue weighted by atomic mass is 10.2. The molecule has 0 atom stereocenters. The standard InChI is InChI=1S/C13H9ClS3/c14-10-3-4-12-11(6-10)9(7-16-12)8-17-13-2-1-5-15-13/h1-7H,8H2. The largest absolute Gasteiger partial charge is 0.143 e. The Labute approximate surface area is 117 Å². The molecular weight excluding hydrogens is 288 g/mol. The smallest absolute Gasteiger partial charge is 0.0601 e. The Morgan fingerprint density at radius 1 is 1.18 bits per heavy atom. The monoisotopic (exact) mass is 296 g/mol. The third-order valence-corrected chi connectivity index (χ3v) is 5.91. The molecule has 0 aliphatic carbocycles. The second-order valence-corrected chi connectivity index (χ2v) is 7.19. The van der Waals surface area contributed by atoms with Gasteiger partial charge in [-0.15, -0.1) is 34.4 Å². The van der Waals surface area contributed by atoms with Gasteiger partial charge >= 0.3 is 0 Å². The molecule has 3 aromatic rings. The molecule has 4 heteroatoms. The van der Waals surface area contributed by atoms with E-state index in [1.165, 1.54) is 19.9 Å². The first-order chi connectivity index (χ1) is 8.33. The zero-order valence-electron chi connectivity index (χ0n) is 8.85. The van der Waals surface area contributed by atoms with Crippen LogP contribution in [0.2, 0.25) is 5.02 Å². The van der Waals surface area contributed by atoms with Crippen LogP contribution in [0.1, 0.15) is 5.56 Å². The molecule has 0 radical (unpaired) electrons. The summed E-state index contributed by atoms with van der Waals surface area (Å²) in [7, 11) is 0. The predicted octanol–water partition coefficient (Wildman–Crippen LogP) is 5.91. The minimum absolute atomic E-state index is 0.818. The van der Waals surface area contributed by atoms with Crippen LogP contribution in [-0.4, -0.2) is 0 Å². The van der Waals surface area contributed by atoms with Gasteiger partial charge in [0.1, 0.15) is 0 Å². The molecule has 0 bridgehead atoms. The molecule has 2 aromatic heterocycles. The Hall–Kier alpha value is -0.480. The fourth-order valence-electron chi connectivity index (χ4n) is 1.66. The molecule has 1 aromatic carbocycles. The number of rotatable bonds is 3. The van der Waals surface area contributed by atoms with E-state index in [-0.39, 0.29) is 0 Å². The lowest BCUT2D eigenvalue weighted by Gasteiger charge is -1.98. The van der Waals surface area contributed by atoms with Crippen LogP contribution < -0.4 is 0 Å². The van der Waals surface area contributed by atoms with Gasteiger partial charge in [-0.25, -0.2) is 0 Å². The first-order valence-electron chi connectivity index (χ1n) is 5.15. The molecule has 2 heterocycles. The summed E-state index contributed by atoms with van der Waals surface area (Å²) in [6.45, 7) is 0. The molecule has 0 amide bonds. The van der Waals surface area contributed by atoms with E-state index < -0.39 is 0 Å². The van der Waals surface area contributed by atoms with E-state index >= 15 is 0 Å². The third-order valence-electron chi connectivity index (χ3n) is 2.48. The quantitative estimate of drug-likeness (QED) is 0.542. The highest BCUT2D eigenvalue weighted by Crippen LogP contribution is 2.34. The van der Waals surface area contributed by atoms with Crippen molar-refractivity contribution in [2.45, 2.75) is 9.96 Å². The lowest BCUT2D eigenvalue weighted by Crippen LogP contribution is -1.76. The van der Waals surface area contributed by atoms with Gasteiger partial charge in [0.2, 0.25) is 0 Å². The van der Waals surface area contributed by atoms with Crippen LogP contribution in [0.15, 0.2) is 45.3 Å². The number of benzene rings is 1. The highest BCUT2D eigenvalue weighted by atomic mass is 35.5. The predicted molar refractivity (Wildman–Crippen MR) is 80.7 cm³/mol. The summed E-state index contributed by atoms with van der Waals surface area (Å²) >= 11 is 11.5. The number of fused-ring (bicyclic) bond motifs is 1. The lowest BCUT2D eigenvalue weighted by molar-refractivity contribution is 1.50. The average Bonchev–Trinajstić information content (AvgIpc) is 2.94. The Morgan fingerprint density at radius 3 is 2.94 bits per heavy atom. The van der Waals surface area contributed by atoms with Gasteiger partial charge in [0.15, 0.2) is 0 Å². The molecule has 3 rings (SSSR count). The molecule has 0 spiro atoms. The Balaban J connectivity index is 1.87. The zero-order valence-corrected chi connectivity index (χ0v) is 12.1. The normalized spacial score (nSPS) is 11.1. The molecule has 17 heavy (non-hydrogen) atoms. The van der Waals surface area contributed by atoms with Gasteiger partial charge in [-0.3, -0.25) is 0 Å². The van der Waals surface area contributed by atoms with Crippen molar-refractivity contribution in [3.8, 4) is 0 Å². The van der Waals surface area contributed by atoms with Crippen molar-refractivity contribution < 1.29 is 0 Å². The minimum Gasteiger partial charge on any atom is -0.143 e. The van der Waals surface area contributed by atoms with E-state index in [1.54, 1.807) is 22.7 Å². The maximum Gasteiger partial charge on any atom is 0.0601 e. The average molecular weight is 297 g/mol. The summed E-state index contributed by atoms with van der Waals surface area (Å²) in [6, 6.07) is 10.4. The summed E-state index contributed by atoms with van der Waals surface area (Å²) in [5.41, 5.74) is 1.38. The van der Waals surface area contributed by atoms with Crippen LogP contribution in [-0.2, 0) is 5.75 Å². The molecule has 0 saturated heterocycles. The maximum atomic E-state index is 6.05. The summed E-state index contributed by atoms with van der Waals surface area (Å²) in [4.78, 5) is 0. The number of halogens is 1. The molecule has 0 unspecified atom stereocenters. The van der Waals surface area contributed by atoms with Crippen LogP contribution in [0.4, 0.5) is 0 Å². The summed E-state index contributed by atoms with van der Waals surface area (Å²) in [5, 5.41) is 6.47. The van der Waals surface area contributed by atoms with Crippen molar-refractivity contribution in [3.05, 3.63) is 51.7 Å². The first-order valence-corrected chi connectivity index (χ1v) is 8.27. The fraction of sp³-hybridized carbons (Fsp3) is 0.0769. The van der Waals surface area contributed by atoms with E-state index in [4.69, 9.17) is 11.6 Å².